The second-order valence-corrected chi connectivity index (χ2v) is 6.04. The zero-order valence-electron chi connectivity index (χ0n) is 12.2. The third-order valence-corrected chi connectivity index (χ3v) is 4.47. The molecule has 0 spiro atoms. The van der Waals surface area contributed by atoms with Gasteiger partial charge < -0.3 is 4.57 Å². The van der Waals surface area contributed by atoms with E-state index in [1.54, 1.807) is 24.3 Å². The van der Waals surface area contributed by atoms with E-state index in [4.69, 9.17) is 0 Å². The molecule has 1 saturated carbocycles. The molecule has 1 aromatic heterocycles. The fourth-order valence-electron chi connectivity index (χ4n) is 3.38. The highest BCUT2D eigenvalue weighted by Gasteiger charge is 2.40. The van der Waals surface area contributed by atoms with Crippen LogP contribution in [0.2, 0.25) is 0 Å². The maximum Gasteiger partial charge on any atom is 0.454 e. The van der Waals surface area contributed by atoms with Gasteiger partial charge in [-0.1, -0.05) is 37.5 Å². The first-order valence-electron chi connectivity index (χ1n) is 7.66. The lowest BCUT2D eigenvalue weighted by atomic mass is 9.89. The number of hydrogen-bond donors (Lipinski definition) is 0. The summed E-state index contributed by atoms with van der Waals surface area (Å²) in [4.78, 5) is 11.6. The number of ketones is 1. The van der Waals surface area contributed by atoms with Crippen LogP contribution in [-0.2, 0) is 6.54 Å². The van der Waals surface area contributed by atoms with Crippen molar-refractivity contribution in [3.8, 4) is 0 Å². The van der Waals surface area contributed by atoms with Gasteiger partial charge in [-0.3, -0.25) is 4.79 Å². The zero-order chi connectivity index (χ0) is 15.7. The Kier molecular flexibility index (Phi) is 3.98. The number of benzene rings is 1. The number of rotatable bonds is 3. The number of nitrogens with zero attached hydrogens (tertiary/aromatic N) is 1. The Morgan fingerprint density at radius 1 is 1.14 bits per heavy atom. The van der Waals surface area contributed by atoms with Crippen molar-refractivity contribution >= 4 is 16.7 Å². The van der Waals surface area contributed by atoms with Crippen LogP contribution in [0, 0.1) is 5.92 Å². The molecular formula is C17H18F3NO. The highest BCUT2D eigenvalue weighted by molar-refractivity contribution is 6.10. The van der Waals surface area contributed by atoms with Gasteiger partial charge in [-0.25, -0.2) is 0 Å². The number of carbonyl (C=O) groups excluding carboxylic acids is 1. The van der Waals surface area contributed by atoms with Crippen molar-refractivity contribution in [2.24, 2.45) is 5.92 Å². The SMILES string of the molecule is O=C(c1cn(CC2CCCCC2)c2ccccc12)C(F)(F)F. The molecule has 1 heterocycles. The molecule has 0 unspecified atom stereocenters. The summed E-state index contributed by atoms with van der Waals surface area (Å²) in [5.74, 6) is -1.27. The van der Waals surface area contributed by atoms with Gasteiger partial charge in [-0.2, -0.15) is 13.2 Å². The minimum atomic E-state index is -4.83. The number of hydrogen-bond acceptors (Lipinski definition) is 1. The van der Waals surface area contributed by atoms with Gasteiger partial charge in [0.15, 0.2) is 0 Å². The molecule has 0 saturated heterocycles. The fourth-order valence-corrected chi connectivity index (χ4v) is 3.38. The summed E-state index contributed by atoms with van der Waals surface area (Å²) in [6.45, 7) is 0.686. The predicted molar refractivity (Wildman–Crippen MR) is 78.9 cm³/mol. The van der Waals surface area contributed by atoms with Crippen LogP contribution in [0.1, 0.15) is 42.5 Å². The first kappa shape index (κ1) is 15.1. The Bertz CT molecular complexity index is 681. The van der Waals surface area contributed by atoms with E-state index in [9.17, 15) is 18.0 Å². The van der Waals surface area contributed by atoms with E-state index >= 15 is 0 Å². The van der Waals surface area contributed by atoms with Crippen LogP contribution in [0.5, 0.6) is 0 Å². The quantitative estimate of drug-likeness (QED) is 0.734. The van der Waals surface area contributed by atoms with Crippen molar-refractivity contribution < 1.29 is 18.0 Å². The van der Waals surface area contributed by atoms with Crippen LogP contribution in [0.15, 0.2) is 30.5 Å². The molecule has 1 aliphatic carbocycles. The van der Waals surface area contributed by atoms with Crippen LogP contribution >= 0.6 is 0 Å². The van der Waals surface area contributed by atoms with E-state index in [1.165, 1.54) is 25.5 Å². The van der Waals surface area contributed by atoms with Crippen LogP contribution in [-0.4, -0.2) is 16.5 Å². The van der Waals surface area contributed by atoms with E-state index in [0.717, 1.165) is 12.8 Å². The van der Waals surface area contributed by atoms with Gasteiger partial charge in [-0.15, -0.1) is 0 Å². The largest absolute Gasteiger partial charge is 0.454 e. The highest BCUT2D eigenvalue weighted by atomic mass is 19.4. The van der Waals surface area contributed by atoms with Gasteiger partial charge in [0, 0.05) is 23.6 Å². The number of alkyl halides is 3. The Hall–Kier alpha value is -1.78. The topological polar surface area (TPSA) is 22.0 Å². The minimum absolute atomic E-state index is 0.237. The lowest BCUT2D eigenvalue weighted by Gasteiger charge is -2.22. The summed E-state index contributed by atoms with van der Waals surface area (Å²) >= 11 is 0. The second-order valence-electron chi connectivity index (χ2n) is 6.04. The molecule has 3 rings (SSSR count). The van der Waals surface area contributed by atoms with Gasteiger partial charge in [0.2, 0.25) is 0 Å². The predicted octanol–water partition coefficient (Wildman–Crippen LogP) is 4.97. The van der Waals surface area contributed by atoms with Crippen LogP contribution in [0.3, 0.4) is 0 Å². The van der Waals surface area contributed by atoms with E-state index < -0.39 is 12.0 Å². The van der Waals surface area contributed by atoms with Gasteiger partial charge in [0.05, 0.1) is 5.56 Å². The standard InChI is InChI=1S/C17H18F3NO/c18-17(19,20)16(22)14-11-21(10-12-6-2-1-3-7-12)15-9-5-4-8-13(14)15/h4-5,8-9,11-12H,1-3,6-7,10H2. The van der Waals surface area contributed by atoms with Crippen LogP contribution in [0.25, 0.3) is 10.9 Å². The summed E-state index contributed by atoms with van der Waals surface area (Å²) in [6.07, 6.45) is 2.36. The van der Waals surface area contributed by atoms with Crippen molar-refractivity contribution in [2.45, 2.75) is 44.8 Å². The van der Waals surface area contributed by atoms with Crippen LogP contribution < -0.4 is 0 Å². The lowest BCUT2D eigenvalue weighted by molar-refractivity contribution is -0.0884. The Balaban J connectivity index is 1.98. The summed E-state index contributed by atoms with van der Waals surface area (Å²) in [6, 6.07) is 6.83. The average molecular weight is 309 g/mol. The molecule has 2 aromatic rings. The fraction of sp³-hybridized carbons (Fsp3) is 0.471. The second kappa shape index (κ2) is 5.78. The summed E-state index contributed by atoms with van der Waals surface area (Å²) in [5, 5.41) is 0.389. The molecule has 0 atom stereocenters. The third-order valence-electron chi connectivity index (χ3n) is 4.47. The number of Topliss-reactive ketones (excluding diaryl/α,β-unsaturated/α-hetero) is 1. The molecule has 0 N–H and O–H groups in total. The van der Waals surface area contributed by atoms with Crippen molar-refractivity contribution in [3.05, 3.63) is 36.0 Å². The average Bonchev–Trinajstić information content (AvgIpc) is 2.85. The Labute approximate surface area is 126 Å². The molecule has 0 aliphatic heterocycles. The van der Waals surface area contributed by atoms with Gasteiger partial charge in [0.1, 0.15) is 0 Å². The Morgan fingerprint density at radius 2 is 1.82 bits per heavy atom. The number of para-hydroxylation sites is 1. The molecule has 5 heteroatoms. The molecule has 0 amide bonds. The number of halogens is 3. The van der Waals surface area contributed by atoms with Gasteiger partial charge in [0.25, 0.3) is 5.78 Å². The summed E-state index contributed by atoms with van der Waals surface area (Å²) in [7, 11) is 0. The van der Waals surface area contributed by atoms with E-state index in [-0.39, 0.29) is 5.56 Å². The molecule has 2 nitrogen and oxygen atoms in total. The highest BCUT2D eigenvalue weighted by Crippen LogP contribution is 2.31. The van der Waals surface area contributed by atoms with Crippen molar-refractivity contribution in [3.63, 3.8) is 0 Å². The molecule has 1 aromatic carbocycles. The Morgan fingerprint density at radius 3 is 2.50 bits per heavy atom. The lowest BCUT2D eigenvalue weighted by Crippen LogP contribution is -2.22. The van der Waals surface area contributed by atoms with E-state index in [2.05, 4.69) is 0 Å². The van der Waals surface area contributed by atoms with Crippen molar-refractivity contribution in [1.29, 1.82) is 0 Å². The smallest absolute Gasteiger partial charge is 0.346 e. The normalized spacial score (nSPS) is 17.0. The third kappa shape index (κ3) is 2.89. The maximum absolute atomic E-state index is 12.8. The molecule has 118 valence electrons. The van der Waals surface area contributed by atoms with E-state index in [1.807, 2.05) is 4.57 Å². The van der Waals surface area contributed by atoms with Crippen LogP contribution in [0.4, 0.5) is 13.2 Å². The monoisotopic (exact) mass is 309 g/mol. The molecule has 1 aliphatic rings. The maximum atomic E-state index is 12.8. The van der Waals surface area contributed by atoms with Crippen molar-refractivity contribution in [1.82, 2.24) is 4.57 Å². The number of fused-ring (bicyclic) bond motifs is 1. The molecule has 1 fully saturated rings. The molecule has 0 bridgehead atoms. The number of carbonyl (C=O) groups is 1. The first-order chi connectivity index (χ1) is 10.5. The molecule has 0 radical (unpaired) electrons. The summed E-state index contributed by atoms with van der Waals surface area (Å²) < 4.78 is 40.1. The van der Waals surface area contributed by atoms with E-state index in [0.29, 0.717) is 23.4 Å². The number of aromatic nitrogens is 1. The molecular weight excluding hydrogens is 291 g/mol. The zero-order valence-corrected chi connectivity index (χ0v) is 12.2. The van der Waals surface area contributed by atoms with Crippen molar-refractivity contribution in [2.75, 3.05) is 0 Å². The van der Waals surface area contributed by atoms with Gasteiger partial charge >= 0.3 is 6.18 Å². The van der Waals surface area contributed by atoms with Gasteiger partial charge in [-0.05, 0) is 24.8 Å². The molecule has 22 heavy (non-hydrogen) atoms. The summed E-state index contributed by atoms with van der Waals surface area (Å²) in [5.41, 5.74) is 0.472. The first-order valence-corrected chi connectivity index (χ1v) is 7.66. The minimum Gasteiger partial charge on any atom is -0.346 e.